The zero-order valence-corrected chi connectivity index (χ0v) is 10.4. The van der Waals surface area contributed by atoms with Crippen LogP contribution in [0.4, 0.5) is 0 Å². The third-order valence-corrected chi connectivity index (χ3v) is 2.15. The number of ether oxygens (including phenoxy) is 1. The summed E-state index contributed by atoms with van der Waals surface area (Å²) < 4.78 is 5.25. The van der Waals surface area contributed by atoms with Crippen LogP contribution in [0.3, 0.4) is 0 Å². The van der Waals surface area contributed by atoms with E-state index in [9.17, 15) is 0 Å². The van der Waals surface area contributed by atoms with Crippen LogP contribution in [0.15, 0.2) is 12.4 Å². The molecule has 1 N–H and O–H groups in total. The van der Waals surface area contributed by atoms with Gasteiger partial charge in [0.15, 0.2) is 0 Å². The topological polar surface area (TPSA) is 47.0 Å². The van der Waals surface area contributed by atoms with E-state index < -0.39 is 0 Å². The first-order valence-corrected chi connectivity index (χ1v) is 5.83. The lowest BCUT2D eigenvalue weighted by molar-refractivity contribution is 0.149. The van der Waals surface area contributed by atoms with E-state index in [2.05, 4.69) is 29.1 Å². The van der Waals surface area contributed by atoms with Crippen LogP contribution in [-0.4, -0.2) is 29.2 Å². The lowest BCUT2D eigenvalue weighted by Gasteiger charge is -2.07. The highest BCUT2D eigenvalue weighted by molar-refractivity contribution is 5.05. The predicted molar refractivity (Wildman–Crippen MR) is 64.2 cm³/mol. The second-order valence-electron chi connectivity index (χ2n) is 3.99. The van der Waals surface area contributed by atoms with Crippen LogP contribution in [-0.2, 0) is 17.7 Å². The molecule has 0 amide bonds. The van der Waals surface area contributed by atoms with E-state index in [1.807, 2.05) is 19.3 Å². The Morgan fingerprint density at radius 2 is 2.00 bits per heavy atom. The SMILES string of the molecule is CCOCCc1ncc(CNC(C)C)cn1. The summed E-state index contributed by atoms with van der Waals surface area (Å²) in [7, 11) is 0. The van der Waals surface area contributed by atoms with Crippen molar-refractivity contribution >= 4 is 0 Å². The summed E-state index contributed by atoms with van der Waals surface area (Å²) in [4.78, 5) is 8.59. The Morgan fingerprint density at radius 3 is 2.56 bits per heavy atom. The molecule has 0 atom stereocenters. The first-order valence-electron chi connectivity index (χ1n) is 5.83. The van der Waals surface area contributed by atoms with E-state index in [0.29, 0.717) is 12.6 Å². The van der Waals surface area contributed by atoms with Gasteiger partial charge in [-0.25, -0.2) is 9.97 Å². The fourth-order valence-corrected chi connectivity index (χ4v) is 1.23. The van der Waals surface area contributed by atoms with E-state index >= 15 is 0 Å². The van der Waals surface area contributed by atoms with Crippen molar-refractivity contribution in [3.8, 4) is 0 Å². The molecule has 4 nitrogen and oxygen atoms in total. The zero-order chi connectivity index (χ0) is 11.8. The monoisotopic (exact) mass is 223 g/mol. The van der Waals surface area contributed by atoms with Gasteiger partial charge in [-0.15, -0.1) is 0 Å². The Labute approximate surface area is 97.5 Å². The summed E-state index contributed by atoms with van der Waals surface area (Å²) in [5, 5.41) is 3.33. The molecule has 1 aromatic rings. The van der Waals surface area contributed by atoms with Gasteiger partial charge in [-0.05, 0) is 6.92 Å². The molecule has 0 aliphatic heterocycles. The minimum Gasteiger partial charge on any atom is -0.381 e. The molecule has 0 saturated heterocycles. The van der Waals surface area contributed by atoms with Gasteiger partial charge in [0.2, 0.25) is 0 Å². The summed E-state index contributed by atoms with van der Waals surface area (Å²) >= 11 is 0. The Morgan fingerprint density at radius 1 is 1.31 bits per heavy atom. The molecule has 16 heavy (non-hydrogen) atoms. The van der Waals surface area contributed by atoms with Crippen molar-refractivity contribution in [2.45, 2.75) is 39.8 Å². The third kappa shape index (κ3) is 5.19. The van der Waals surface area contributed by atoms with E-state index in [4.69, 9.17) is 4.74 Å². The molecule has 1 heterocycles. The molecule has 1 aromatic heterocycles. The lowest BCUT2D eigenvalue weighted by Crippen LogP contribution is -2.22. The molecule has 1 rings (SSSR count). The van der Waals surface area contributed by atoms with E-state index in [1.54, 1.807) is 0 Å². The second-order valence-corrected chi connectivity index (χ2v) is 3.99. The van der Waals surface area contributed by atoms with Gasteiger partial charge >= 0.3 is 0 Å². The summed E-state index contributed by atoms with van der Waals surface area (Å²) in [6.07, 6.45) is 4.54. The Balaban J connectivity index is 2.35. The smallest absolute Gasteiger partial charge is 0.130 e. The second kappa shape index (κ2) is 7.30. The van der Waals surface area contributed by atoms with Crippen molar-refractivity contribution in [2.24, 2.45) is 0 Å². The maximum Gasteiger partial charge on any atom is 0.130 e. The van der Waals surface area contributed by atoms with Crippen molar-refractivity contribution in [2.75, 3.05) is 13.2 Å². The van der Waals surface area contributed by atoms with Crippen LogP contribution in [0.2, 0.25) is 0 Å². The molecular weight excluding hydrogens is 202 g/mol. The summed E-state index contributed by atoms with van der Waals surface area (Å²) in [5.41, 5.74) is 1.12. The minimum atomic E-state index is 0.484. The highest BCUT2D eigenvalue weighted by Crippen LogP contribution is 1.97. The Hall–Kier alpha value is -1.00. The van der Waals surface area contributed by atoms with Crippen LogP contribution in [0, 0.1) is 0 Å². The van der Waals surface area contributed by atoms with Crippen molar-refractivity contribution in [1.29, 1.82) is 0 Å². The molecule has 0 unspecified atom stereocenters. The van der Waals surface area contributed by atoms with Crippen LogP contribution >= 0.6 is 0 Å². The molecule has 0 aliphatic rings. The van der Waals surface area contributed by atoms with Crippen molar-refractivity contribution in [3.05, 3.63) is 23.8 Å². The quantitative estimate of drug-likeness (QED) is 0.712. The van der Waals surface area contributed by atoms with Gasteiger partial charge in [-0.2, -0.15) is 0 Å². The molecule has 0 fully saturated rings. The summed E-state index contributed by atoms with van der Waals surface area (Å²) in [6.45, 7) is 8.50. The van der Waals surface area contributed by atoms with Crippen LogP contribution in [0.1, 0.15) is 32.2 Å². The molecular formula is C12H21N3O. The largest absolute Gasteiger partial charge is 0.381 e. The van der Waals surface area contributed by atoms with Crippen molar-refractivity contribution in [3.63, 3.8) is 0 Å². The van der Waals surface area contributed by atoms with Crippen LogP contribution in [0.25, 0.3) is 0 Å². The highest BCUT2D eigenvalue weighted by atomic mass is 16.5. The molecule has 90 valence electrons. The molecule has 0 radical (unpaired) electrons. The summed E-state index contributed by atoms with van der Waals surface area (Å²) in [5.74, 6) is 0.849. The average Bonchev–Trinajstić information content (AvgIpc) is 2.28. The molecule has 0 bridgehead atoms. The van der Waals surface area contributed by atoms with Gasteiger partial charge in [0, 0.05) is 43.6 Å². The molecule has 0 aliphatic carbocycles. The highest BCUT2D eigenvalue weighted by Gasteiger charge is 1.99. The number of nitrogens with zero attached hydrogens (tertiary/aromatic N) is 2. The van der Waals surface area contributed by atoms with E-state index in [-0.39, 0.29) is 0 Å². The first kappa shape index (κ1) is 13.1. The van der Waals surface area contributed by atoms with Gasteiger partial charge in [0.05, 0.1) is 6.61 Å². The number of aromatic nitrogens is 2. The van der Waals surface area contributed by atoms with Gasteiger partial charge < -0.3 is 10.1 Å². The van der Waals surface area contributed by atoms with Crippen LogP contribution < -0.4 is 5.32 Å². The molecule has 0 saturated carbocycles. The molecule has 0 spiro atoms. The lowest BCUT2D eigenvalue weighted by atomic mass is 10.3. The number of hydrogen-bond donors (Lipinski definition) is 1. The maximum atomic E-state index is 5.25. The maximum absolute atomic E-state index is 5.25. The number of rotatable bonds is 7. The fraction of sp³-hybridized carbons (Fsp3) is 0.667. The summed E-state index contributed by atoms with van der Waals surface area (Å²) in [6, 6.07) is 0.484. The average molecular weight is 223 g/mol. The molecule has 0 aromatic carbocycles. The predicted octanol–water partition coefficient (Wildman–Crippen LogP) is 1.55. The Bertz CT molecular complexity index is 285. The third-order valence-electron chi connectivity index (χ3n) is 2.15. The standard InChI is InChI=1S/C12H21N3O/c1-4-16-6-5-12-14-8-11(9-15-12)7-13-10(2)3/h8-10,13H,4-7H2,1-3H3. The minimum absolute atomic E-state index is 0.484. The normalized spacial score (nSPS) is 11.0. The van der Waals surface area contributed by atoms with Gasteiger partial charge in [-0.3, -0.25) is 0 Å². The van der Waals surface area contributed by atoms with Gasteiger partial charge in [0.25, 0.3) is 0 Å². The van der Waals surface area contributed by atoms with Gasteiger partial charge in [0.1, 0.15) is 5.82 Å². The fourth-order valence-electron chi connectivity index (χ4n) is 1.23. The van der Waals surface area contributed by atoms with Crippen molar-refractivity contribution in [1.82, 2.24) is 15.3 Å². The Kier molecular flexibility index (Phi) is 5.96. The molecule has 4 heteroatoms. The van der Waals surface area contributed by atoms with E-state index in [1.165, 1.54) is 0 Å². The number of nitrogens with one attached hydrogen (secondary N) is 1. The van der Waals surface area contributed by atoms with E-state index in [0.717, 1.165) is 31.0 Å². The number of hydrogen-bond acceptors (Lipinski definition) is 4. The van der Waals surface area contributed by atoms with Gasteiger partial charge in [-0.1, -0.05) is 13.8 Å². The van der Waals surface area contributed by atoms with Crippen molar-refractivity contribution < 1.29 is 4.74 Å². The zero-order valence-electron chi connectivity index (χ0n) is 10.4. The first-order chi connectivity index (χ1) is 7.72. The van der Waals surface area contributed by atoms with Crippen LogP contribution in [0.5, 0.6) is 0 Å².